The Morgan fingerprint density at radius 3 is 2.74 bits per heavy atom. The second-order valence-electron chi connectivity index (χ2n) is 4.55. The van der Waals surface area contributed by atoms with Crippen LogP contribution in [0.2, 0.25) is 5.02 Å². The van der Waals surface area contributed by atoms with Crippen LogP contribution in [0.15, 0.2) is 42.5 Å². The lowest BCUT2D eigenvalue weighted by Gasteiger charge is -2.08. The third-order valence-electron chi connectivity index (χ3n) is 2.84. The van der Waals surface area contributed by atoms with Gasteiger partial charge in [0.05, 0.1) is 17.2 Å². The van der Waals surface area contributed by atoms with Gasteiger partial charge in [-0.05, 0) is 36.4 Å². The Morgan fingerprint density at radius 1 is 1.26 bits per heavy atom. The molecule has 0 saturated carbocycles. The summed E-state index contributed by atoms with van der Waals surface area (Å²) in [6, 6.07) is 12.7. The van der Waals surface area contributed by atoms with Gasteiger partial charge in [-0.1, -0.05) is 17.7 Å². The number of benzene rings is 2. The van der Waals surface area contributed by atoms with E-state index in [1.54, 1.807) is 18.2 Å². The molecule has 0 aliphatic rings. The quantitative estimate of drug-likeness (QED) is 0.662. The van der Waals surface area contributed by atoms with Crippen molar-refractivity contribution in [2.75, 3.05) is 17.7 Å². The largest absolute Gasteiger partial charge is 0.452 e. The molecule has 0 unspecified atom stereocenters. The molecule has 23 heavy (non-hydrogen) atoms. The van der Waals surface area contributed by atoms with Crippen molar-refractivity contribution in [2.45, 2.75) is 0 Å². The summed E-state index contributed by atoms with van der Waals surface area (Å²) < 4.78 is 4.90. The Balaban J connectivity index is 1.93. The predicted molar refractivity (Wildman–Crippen MR) is 85.9 cm³/mol. The number of amides is 1. The zero-order chi connectivity index (χ0) is 16.8. The average molecular weight is 330 g/mol. The first kappa shape index (κ1) is 16.3. The Hall–Kier alpha value is -3.04. The van der Waals surface area contributed by atoms with Crippen molar-refractivity contribution in [1.82, 2.24) is 0 Å². The van der Waals surface area contributed by atoms with Crippen LogP contribution < -0.4 is 11.1 Å². The molecule has 0 atom stereocenters. The fraction of sp³-hybridized carbons (Fsp3) is 0.0625. The van der Waals surface area contributed by atoms with Crippen LogP contribution in [0.4, 0.5) is 11.4 Å². The first-order valence-corrected chi connectivity index (χ1v) is 6.89. The van der Waals surface area contributed by atoms with Gasteiger partial charge in [-0.2, -0.15) is 5.26 Å². The smallest absolute Gasteiger partial charge is 0.340 e. The molecule has 0 spiro atoms. The lowest BCUT2D eigenvalue weighted by atomic mass is 10.2. The zero-order valence-corrected chi connectivity index (χ0v) is 12.6. The Bertz CT molecular complexity index is 799. The number of halogens is 1. The molecule has 116 valence electrons. The van der Waals surface area contributed by atoms with E-state index in [0.29, 0.717) is 16.3 Å². The Morgan fingerprint density at radius 2 is 2.04 bits per heavy atom. The van der Waals surface area contributed by atoms with Crippen LogP contribution in [0.3, 0.4) is 0 Å². The predicted octanol–water partition coefficient (Wildman–Crippen LogP) is 2.59. The van der Waals surface area contributed by atoms with Crippen molar-refractivity contribution in [3.63, 3.8) is 0 Å². The summed E-state index contributed by atoms with van der Waals surface area (Å²) in [4.78, 5) is 23.6. The molecule has 0 bridgehead atoms. The molecule has 2 aromatic rings. The van der Waals surface area contributed by atoms with Gasteiger partial charge >= 0.3 is 5.97 Å². The summed E-state index contributed by atoms with van der Waals surface area (Å²) in [5.41, 5.74) is 6.82. The van der Waals surface area contributed by atoms with Crippen LogP contribution >= 0.6 is 11.6 Å². The molecule has 2 aromatic carbocycles. The second-order valence-corrected chi connectivity index (χ2v) is 4.98. The fourth-order valence-electron chi connectivity index (χ4n) is 1.79. The van der Waals surface area contributed by atoms with E-state index in [1.165, 1.54) is 24.3 Å². The third-order valence-corrected chi connectivity index (χ3v) is 3.08. The number of rotatable bonds is 4. The second kappa shape index (κ2) is 7.29. The van der Waals surface area contributed by atoms with Gasteiger partial charge < -0.3 is 15.8 Å². The number of carbonyl (C=O) groups excluding carboxylic acids is 2. The van der Waals surface area contributed by atoms with Crippen molar-refractivity contribution in [2.24, 2.45) is 0 Å². The summed E-state index contributed by atoms with van der Waals surface area (Å²) in [7, 11) is 0. The number of nitrogens with two attached hydrogens (primary N) is 1. The minimum atomic E-state index is -0.722. The van der Waals surface area contributed by atoms with Gasteiger partial charge in [0.25, 0.3) is 5.91 Å². The molecule has 0 aliphatic carbocycles. The lowest BCUT2D eigenvalue weighted by Crippen LogP contribution is -2.21. The molecule has 0 aliphatic heterocycles. The number of nitriles is 1. The maximum atomic E-state index is 11.9. The normalized spacial score (nSPS) is 9.74. The molecule has 3 N–H and O–H groups in total. The van der Waals surface area contributed by atoms with Gasteiger partial charge in [0.1, 0.15) is 0 Å². The van der Waals surface area contributed by atoms with Crippen molar-refractivity contribution >= 4 is 34.9 Å². The van der Waals surface area contributed by atoms with E-state index in [0.717, 1.165) is 0 Å². The molecule has 0 aromatic heterocycles. The van der Waals surface area contributed by atoms with Crippen LogP contribution in [0, 0.1) is 11.3 Å². The minimum absolute atomic E-state index is 0.133. The summed E-state index contributed by atoms with van der Waals surface area (Å²) in [6.07, 6.45) is 0. The first-order valence-electron chi connectivity index (χ1n) is 6.52. The highest BCUT2D eigenvalue weighted by Crippen LogP contribution is 2.18. The molecular weight excluding hydrogens is 318 g/mol. The molecule has 7 heteroatoms. The SMILES string of the molecule is N#Cc1cccc(NC(=O)COC(=O)c2ccc(Cl)cc2N)c1. The molecular formula is C16H12ClN3O3. The van der Waals surface area contributed by atoms with Crippen molar-refractivity contribution in [3.05, 3.63) is 58.6 Å². The standard InChI is InChI=1S/C16H12ClN3O3/c17-11-4-5-13(14(19)7-11)16(22)23-9-15(21)20-12-3-1-2-10(6-12)8-18/h1-7H,9,19H2,(H,20,21). The highest BCUT2D eigenvalue weighted by molar-refractivity contribution is 6.31. The molecule has 0 saturated heterocycles. The maximum Gasteiger partial charge on any atom is 0.340 e. The minimum Gasteiger partial charge on any atom is -0.452 e. The topological polar surface area (TPSA) is 105 Å². The maximum absolute atomic E-state index is 11.9. The van der Waals surface area contributed by atoms with E-state index >= 15 is 0 Å². The van der Waals surface area contributed by atoms with Gasteiger partial charge in [-0.15, -0.1) is 0 Å². The van der Waals surface area contributed by atoms with Gasteiger partial charge in [0.2, 0.25) is 0 Å². The zero-order valence-electron chi connectivity index (χ0n) is 11.9. The van der Waals surface area contributed by atoms with Crippen LogP contribution in [0.25, 0.3) is 0 Å². The van der Waals surface area contributed by atoms with Gasteiger partial charge in [0.15, 0.2) is 6.61 Å². The summed E-state index contributed by atoms with van der Waals surface area (Å²) in [5, 5.41) is 11.7. The van der Waals surface area contributed by atoms with Crippen LogP contribution in [-0.2, 0) is 9.53 Å². The fourth-order valence-corrected chi connectivity index (χ4v) is 1.97. The molecule has 0 radical (unpaired) electrons. The monoisotopic (exact) mass is 329 g/mol. The number of nitrogens with one attached hydrogen (secondary N) is 1. The number of hydrogen-bond donors (Lipinski definition) is 2. The van der Waals surface area contributed by atoms with Crippen LogP contribution in [-0.4, -0.2) is 18.5 Å². The van der Waals surface area contributed by atoms with Crippen molar-refractivity contribution in [1.29, 1.82) is 5.26 Å². The van der Waals surface area contributed by atoms with Crippen LogP contribution in [0.5, 0.6) is 0 Å². The molecule has 2 rings (SSSR count). The van der Waals surface area contributed by atoms with E-state index in [9.17, 15) is 9.59 Å². The Labute approximate surface area is 137 Å². The summed E-state index contributed by atoms with van der Waals surface area (Å²) in [6.45, 7) is -0.475. The average Bonchev–Trinajstić information content (AvgIpc) is 2.53. The van der Waals surface area contributed by atoms with E-state index in [1.807, 2.05) is 6.07 Å². The van der Waals surface area contributed by atoms with E-state index in [4.69, 9.17) is 27.3 Å². The van der Waals surface area contributed by atoms with Gasteiger partial charge in [-0.3, -0.25) is 4.79 Å². The number of carbonyl (C=O) groups is 2. The van der Waals surface area contributed by atoms with Crippen molar-refractivity contribution in [3.8, 4) is 6.07 Å². The molecule has 0 fully saturated rings. The highest BCUT2D eigenvalue weighted by Gasteiger charge is 2.13. The van der Waals surface area contributed by atoms with Gasteiger partial charge in [-0.25, -0.2) is 4.79 Å². The molecule has 6 nitrogen and oxygen atoms in total. The summed E-state index contributed by atoms with van der Waals surface area (Å²) in [5.74, 6) is -1.25. The number of esters is 1. The Kier molecular flexibility index (Phi) is 5.18. The molecule has 1 amide bonds. The van der Waals surface area contributed by atoms with E-state index < -0.39 is 18.5 Å². The van der Waals surface area contributed by atoms with Crippen LogP contribution in [0.1, 0.15) is 15.9 Å². The number of hydrogen-bond acceptors (Lipinski definition) is 5. The lowest BCUT2D eigenvalue weighted by molar-refractivity contribution is -0.119. The number of ether oxygens (including phenoxy) is 1. The number of anilines is 2. The van der Waals surface area contributed by atoms with E-state index in [2.05, 4.69) is 5.32 Å². The summed E-state index contributed by atoms with van der Waals surface area (Å²) >= 11 is 5.74. The van der Waals surface area contributed by atoms with Gasteiger partial charge in [0, 0.05) is 16.4 Å². The first-order chi connectivity index (χ1) is 11.0. The van der Waals surface area contributed by atoms with E-state index in [-0.39, 0.29) is 11.3 Å². The highest BCUT2D eigenvalue weighted by atomic mass is 35.5. The third kappa shape index (κ3) is 4.46. The number of nitrogen functional groups attached to an aromatic ring is 1. The van der Waals surface area contributed by atoms with Crippen molar-refractivity contribution < 1.29 is 14.3 Å². The molecule has 0 heterocycles. The number of nitrogens with zero attached hydrogens (tertiary/aromatic N) is 1.